The third kappa shape index (κ3) is 2.25. The zero-order valence-electron chi connectivity index (χ0n) is 10.0. The Hall–Kier alpha value is -2.17. The van der Waals surface area contributed by atoms with E-state index in [2.05, 4.69) is 5.16 Å². The van der Waals surface area contributed by atoms with Crippen LogP contribution in [-0.4, -0.2) is 16.2 Å². The van der Waals surface area contributed by atoms with Gasteiger partial charge in [-0.3, -0.25) is 4.79 Å². The van der Waals surface area contributed by atoms with Gasteiger partial charge in [-0.2, -0.15) is 0 Å². The molecule has 2 aromatic rings. The maximum Gasteiger partial charge on any atom is 0.308 e. The van der Waals surface area contributed by atoms with Gasteiger partial charge in [0.25, 0.3) is 0 Å². The molecule has 0 amide bonds. The van der Waals surface area contributed by atoms with Gasteiger partial charge in [0.05, 0.1) is 12.1 Å². The molecule has 0 unspecified atom stereocenters. The molecule has 1 aromatic heterocycles. The van der Waals surface area contributed by atoms with E-state index < -0.39 is 5.97 Å². The predicted octanol–water partition coefficient (Wildman–Crippen LogP) is 2.72. The summed E-state index contributed by atoms with van der Waals surface area (Å²) in [6.45, 7) is 3.32. The largest absolute Gasteiger partial charge is 0.481 e. The number of carboxylic acid groups (broad SMARTS) is 1. The maximum atomic E-state index is 13.2. The molecule has 0 atom stereocenters. The Bertz CT molecular complexity index is 604. The van der Waals surface area contributed by atoms with Crippen molar-refractivity contribution < 1.29 is 18.8 Å². The lowest BCUT2D eigenvalue weighted by atomic mass is 10.0. The number of rotatable bonds is 3. The van der Waals surface area contributed by atoms with E-state index in [0.717, 1.165) is 0 Å². The van der Waals surface area contributed by atoms with Gasteiger partial charge in [-0.15, -0.1) is 0 Å². The molecule has 5 heteroatoms. The molecular weight excluding hydrogens is 237 g/mol. The van der Waals surface area contributed by atoms with E-state index in [1.165, 1.54) is 6.07 Å². The van der Waals surface area contributed by atoms with Crippen LogP contribution in [0.15, 0.2) is 22.7 Å². The third-order valence-corrected chi connectivity index (χ3v) is 2.73. The molecular formula is C13H12FNO3. The molecule has 0 spiro atoms. The van der Waals surface area contributed by atoms with Crippen LogP contribution in [-0.2, 0) is 11.2 Å². The number of halogens is 1. The number of nitrogens with zero attached hydrogens (tertiary/aromatic N) is 1. The molecule has 4 nitrogen and oxygen atoms in total. The highest BCUT2D eigenvalue weighted by molar-refractivity contribution is 5.75. The standard InChI is InChI=1S/C13H12FNO3/c1-7-5-9(3-4-11(7)14)13-10(6-12(16)17)8(2)15-18-13/h3-5H,6H2,1-2H3,(H,16,17). The molecule has 1 aromatic carbocycles. The van der Waals surface area contributed by atoms with Crippen molar-refractivity contribution in [2.75, 3.05) is 0 Å². The topological polar surface area (TPSA) is 63.3 Å². The van der Waals surface area contributed by atoms with Gasteiger partial charge in [-0.1, -0.05) is 5.16 Å². The SMILES string of the molecule is Cc1cc(-c2onc(C)c2CC(=O)O)ccc1F. The maximum absolute atomic E-state index is 13.2. The van der Waals surface area contributed by atoms with Crippen LogP contribution in [0.3, 0.4) is 0 Å². The minimum Gasteiger partial charge on any atom is -0.481 e. The van der Waals surface area contributed by atoms with Gasteiger partial charge in [0.2, 0.25) is 0 Å². The summed E-state index contributed by atoms with van der Waals surface area (Å²) in [5.41, 5.74) is 2.16. The van der Waals surface area contributed by atoms with E-state index in [1.54, 1.807) is 26.0 Å². The highest BCUT2D eigenvalue weighted by Crippen LogP contribution is 2.28. The average Bonchev–Trinajstić information content (AvgIpc) is 2.64. The molecule has 0 aliphatic rings. The summed E-state index contributed by atoms with van der Waals surface area (Å²) < 4.78 is 18.3. The number of hydrogen-bond donors (Lipinski definition) is 1. The van der Waals surface area contributed by atoms with Crippen molar-refractivity contribution >= 4 is 5.97 Å². The van der Waals surface area contributed by atoms with E-state index in [1.807, 2.05) is 0 Å². The highest BCUT2D eigenvalue weighted by Gasteiger charge is 2.18. The minimum absolute atomic E-state index is 0.166. The van der Waals surface area contributed by atoms with E-state index in [9.17, 15) is 9.18 Å². The Kier molecular flexibility index (Phi) is 3.14. The lowest BCUT2D eigenvalue weighted by Gasteiger charge is -2.02. The fraction of sp³-hybridized carbons (Fsp3) is 0.231. The average molecular weight is 249 g/mol. The summed E-state index contributed by atoms with van der Waals surface area (Å²) in [4.78, 5) is 10.8. The van der Waals surface area contributed by atoms with Crippen molar-refractivity contribution in [3.63, 3.8) is 0 Å². The van der Waals surface area contributed by atoms with Crippen LogP contribution >= 0.6 is 0 Å². The molecule has 18 heavy (non-hydrogen) atoms. The van der Waals surface area contributed by atoms with Gasteiger partial charge in [0.1, 0.15) is 5.82 Å². The molecule has 94 valence electrons. The lowest BCUT2D eigenvalue weighted by molar-refractivity contribution is -0.136. The fourth-order valence-corrected chi connectivity index (χ4v) is 1.76. The van der Waals surface area contributed by atoms with Crippen molar-refractivity contribution in [2.24, 2.45) is 0 Å². The Balaban J connectivity index is 2.50. The number of benzene rings is 1. The second kappa shape index (κ2) is 4.60. The molecule has 0 bridgehead atoms. The van der Waals surface area contributed by atoms with Crippen LogP contribution in [0.25, 0.3) is 11.3 Å². The van der Waals surface area contributed by atoms with E-state index in [4.69, 9.17) is 9.63 Å². The zero-order valence-corrected chi connectivity index (χ0v) is 10.0. The first kappa shape index (κ1) is 12.3. The number of hydrogen-bond acceptors (Lipinski definition) is 3. The molecule has 0 saturated carbocycles. The van der Waals surface area contributed by atoms with E-state index in [-0.39, 0.29) is 12.2 Å². The molecule has 1 N–H and O–H groups in total. The second-order valence-corrected chi connectivity index (χ2v) is 4.11. The lowest BCUT2D eigenvalue weighted by Crippen LogP contribution is -2.02. The minimum atomic E-state index is -0.957. The quantitative estimate of drug-likeness (QED) is 0.908. The molecule has 0 aliphatic heterocycles. The monoisotopic (exact) mass is 249 g/mol. The Labute approximate surface area is 103 Å². The fourth-order valence-electron chi connectivity index (χ4n) is 1.76. The molecule has 0 aliphatic carbocycles. The summed E-state index contributed by atoms with van der Waals surface area (Å²) in [6, 6.07) is 4.49. The normalized spacial score (nSPS) is 10.6. The van der Waals surface area contributed by atoms with Crippen LogP contribution < -0.4 is 0 Å². The second-order valence-electron chi connectivity index (χ2n) is 4.11. The van der Waals surface area contributed by atoms with E-state index >= 15 is 0 Å². The van der Waals surface area contributed by atoms with Gasteiger partial charge in [-0.25, -0.2) is 4.39 Å². The van der Waals surface area contributed by atoms with Crippen molar-refractivity contribution in [2.45, 2.75) is 20.3 Å². The van der Waals surface area contributed by atoms with Crippen LogP contribution in [0.4, 0.5) is 4.39 Å². The smallest absolute Gasteiger partial charge is 0.308 e. The Morgan fingerprint density at radius 3 is 2.78 bits per heavy atom. The van der Waals surface area contributed by atoms with Crippen molar-refractivity contribution in [3.8, 4) is 11.3 Å². The van der Waals surface area contributed by atoms with Gasteiger partial charge in [0.15, 0.2) is 5.76 Å². The first-order valence-corrected chi connectivity index (χ1v) is 5.42. The summed E-state index contributed by atoms with van der Waals surface area (Å²) in [7, 11) is 0. The number of aryl methyl sites for hydroxylation is 2. The predicted molar refractivity (Wildman–Crippen MR) is 62.7 cm³/mol. The Morgan fingerprint density at radius 2 is 2.17 bits per heavy atom. The van der Waals surface area contributed by atoms with Crippen LogP contribution in [0.1, 0.15) is 16.8 Å². The van der Waals surface area contributed by atoms with Gasteiger partial charge < -0.3 is 9.63 Å². The molecule has 0 fully saturated rings. The van der Waals surface area contributed by atoms with Gasteiger partial charge >= 0.3 is 5.97 Å². The first-order chi connectivity index (χ1) is 8.49. The Morgan fingerprint density at radius 1 is 1.44 bits per heavy atom. The first-order valence-electron chi connectivity index (χ1n) is 5.42. The molecule has 1 heterocycles. The van der Waals surface area contributed by atoms with Crippen molar-refractivity contribution in [1.29, 1.82) is 0 Å². The highest BCUT2D eigenvalue weighted by atomic mass is 19.1. The van der Waals surface area contributed by atoms with Crippen LogP contribution in [0.5, 0.6) is 0 Å². The van der Waals surface area contributed by atoms with Gasteiger partial charge in [0, 0.05) is 11.1 Å². The van der Waals surface area contributed by atoms with Gasteiger partial charge in [-0.05, 0) is 37.6 Å². The summed E-state index contributed by atoms with van der Waals surface area (Å²) in [6.07, 6.45) is -0.166. The molecule has 0 saturated heterocycles. The third-order valence-electron chi connectivity index (χ3n) is 2.73. The van der Waals surface area contributed by atoms with Crippen molar-refractivity contribution in [1.82, 2.24) is 5.16 Å². The number of carboxylic acids is 1. The van der Waals surface area contributed by atoms with E-state index in [0.29, 0.717) is 28.1 Å². The van der Waals surface area contributed by atoms with Crippen molar-refractivity contribution in [3.05, 3.63) is 40.8 Å². The summed E-state index contributed by atoms with van der Waals surface area (Å²) in [5, 5.41) is 12.6. The summed E-state index contributed by atoms with van der Waals surface area (Å²) in [5.74, 6) is -0.880. The number of carbonyl (C=O) groups is 1. The zero-order chi connectivity index (χ0) is 13.3. The number of aliphatic carboxylic acids is 1. The van der Waals surface area contributed by atoms with Crippen LogP contribution in [0, 0.1) is 19.7 Å². The van der Waals surface area contributed by atoms with Crippen LogP contribution in [0.2, 0.25) is 0 Å². The molecule has 0 radical (unpaired) electrons. The molecule has 2 rings (SSSR count). The summed E-state index contributed by atoms with van der Waals surface area (Å²) >= 11 is 0. The number of aromatic nitrogens is 1.